The predicted molar refractivity (Wildman–Crippen MR) is 110 cm³/mol. The molecule has 28 heavy (non-hydrogen) atoms. The van der Waals surface area contributed by atoms with Gasteiger partial charge in [-0.15, -0.1) is 0 Å². The average molecular weight is 379 g/mol. The highest BCUT2D eigenvalue weighted by Gasteiger charge is 2.12. The molecule has 3 rings (SSSR count). The van der Waals surface area contributed by atoms with E-state index < -0.39 is 4.92 Å². The van der Waals surface area contributed by atoms with Crippen LogP contribution in [0.4, 0.5) is 11.4 Å². The fourth-order valence-electron chi connectivity index (χ4n) is 3.04. The van der Waals surface area contributed by atoms with Crippen LogP contribution >= 0.6 is 0 Å². The van der Waals surface area contributed by atoms with Crippen LogP contribution in [0.3, 0.4) is 0 Å². The summed E-state index contributed by atoms with van der Waals surface area (Å²) in [5, 5.41) is 30.6. The van der Waals surface area contributed by atoms with Crippen LogP contribution in [0.25, 0.3) is 23.1 Å². The summed E-state index contributed by atoms with van der Waals surface area (Å²) in [6, 6.07) is 15.9. The molecule has 7 nitrogen and oxygen atoms in total. The number of fused-ring (bicyclic) bond motifs is 1. The number of non-ortho nitro benzene ring substituents is 1. The zero-order valence-electron chi connectivity index (χ0n) is 15.2. The maximum absolute atomic E-state index is 10.9. The molecule has 0 spiro atoms. The predicted octanol–water partition coefficient (Wildman–Crippen LogP) is 3.10. The van der Waals surface area contributed by atoms with Crippen LogP contribution in [0.5, 0.6) is 0 Å². The van der Waals surface area contributed by atoms with Crippen LogP contribution in [0.1, 0.15) is 11.3 Å². The van der Waals surface area contributed by atoms with Gasteiger partial charge in [0.05, 0.1) is 29.3 Å². The van der Waals surface area contributed by atoms with Crippen molar-refractivity contribution in [2.24, 2.45) is 0 Å². The molecule has 0 bridgehead atoms. The molecule has 2 N–H and O–H groups in total. The van der Waals surface area contributed by atoms with E-state index in [2.05, 4.69) is 4.98 Å². The monoisotopic (exact) mass is 379 g/mol. The molecule has 0 amide bonds. The van der Waals surface area contributed by atoms with E-state index in [1.165, 1.54) is 12.1 Å². The van der Waals surface area contributed by atoms with Crippen molar-refractivity contribution in [1.29, 1.82) is 0 Å². The Morgan fingerprint density at radius 3 is 2.46 bits per heavy atom. The SMILES string of the molecule is O=[N+]([O-])c1cccc(C=Cc2cc(N(CCO)CCO)c3ccccc3n2)c1. The minimum atomic E-state index is -0.425. The summed E-state index contributed by atoms with van der Waals surface area (Å²) in [5.41, 5.74) is 3.08. The van der Waals surface area contributed by atoms with Crippen LogP contribution in [-0.4, -0.2) is 46.4 Å². The van der Waals surface area contributed by atoms with Crippen LogP contribution in [-0.2, 0) is 0 Å². The van der Waals surface area contributed by atoms with Gasteiger partial charge < -0.3 is 15.1 Å². The molecule has 0 saturated carbocycles. The van der Waals surface area contributed by atoms with Crippen LogP contribution in [0, 0.1) is 10.1 Å². The average Bonchev–Trinajstić information content (AvgIpc) is 2.71. The summed E-state index contributed by atoms with van der Waals surface area (Å²) < 4.78 is 0. The third-order valence-corrected chi connectivity index (χ3v) is 4.32. The third-order valence-electron chi connectivity index (χ3n) is 4.32. The zero-order chi connectivity index (χ0) is 19.9. The molecule has 0 radical (unpaired) electrons. The second kappa shape index (κ2) is 9.07. The van der Waals surface area contributed by atoms with Crippen molar-refractivity contribution in [3.8, 4) is 0 Å². The first-order valence-corrected chi connectivity index (χ1v) is 8.91. The molecule has 3 aromatic rings. The molecule has 2 aromatic carbocycles. The molecule has 1 aromatic heterocycles. The summed E-state index contributed by atoms with van der Waals surface area (Å²) in [6.45, 7) is 0.718. The number of anilines is 1. The number of nitro benzene ring substituents is 1. The number of nitro groups is 1. The quantitative estimate of drug-likeness (QED) is 0.461. The van der Waals surface area contributed by atoms with Crippen LogP contribution in [0.2, 0.25) is 0 Å². The summed E-state index contributed by atoms with van der Waals surface area (Å²) in [7, 11) is 0. The Labute approximate surface area is 162 Å². The minimum absolute atomic E-state index is 0.0322. The lowest BCUT2D eigenvalue weighted by molar-refractivity contribution is -0.384. The molecule has 0 aliphatic rings. The summed E-state index contributed by atoms with van der Waals surface area (Å²) in [4.78, 5) is 17.1. The lowest BCUT2D eigenvalue weighted by atomic mass is 10.1. The Morgan fingerprint density at radius 1 is 1.00 bits per heavy atom. The largest absolute Gasteiger partial charge is 0.395 e. The smallest absolute Gasteiger partial charge is 0.270 e. The Kier molecular flexibility index (Phi) is 6.31. The molecule has 0 fully saturated rings. The normalized spacial score (nSPS) is 11.2. The summed E-state index contributed by atoms with van der Waals surface area (Å²) in [5.74, 6) is 0. The van der Waals surface area contributed by atoms with Gasteiger partial charge in [-0.05, 0) is 23.8 Å². The topological polar surface area (TPSA) is 99.7 Å². The highest BCUT2D eigenvalue weighted by molar-refractivity contribution is 5.93. The number of hydrogen-bond acceptors (Lipinski definition) is 6. The number of aliphatic hydroxyl groups is 2. The number of rotatable bonds is 8. The number of pyridine rings is 1. The van der Waals surface area contributed by atoms with Gasteiger partial charge in [0.2, 0.25) is 0 Å². The number of nitrogens with zero attached hydrogens (tertiary/aromatic N) is 3. The molecule has 0 unspecified atom stereocenters. The van der Waals surface area contributed by atoms with Crippen molar-refractivity contribution < 1.29 is 15.1 Å². The van der Waals surface area contributed by atoms with Crippen molar-refractivity contribution in [3.05, 3.63) is 76.0 Å². The summed E-state index contributed by atoms with van der Waals surface area (Å²) in [6.07, 6.45) is 3.57. The standard InChI is InChI=1S/C21H21N3O4/c25-12-10-23(11-13-26)21-15-17(22-20-7-2-1-6-19(20)21)9-8-16-4-3-5-18(14-16)24(27)28/h1-9,14-15,25-26H,10-13H2. The van der Waals surface area contributed by atoms with E-state index in [0.717, 1.165) is 16.6 Å². The fourth-order valence-corrected chi connectivity index (χ4v) is 3.04. The van der Waals surface area contributed by atoms with E-state index in [0.29, 0.717) is 24.3 Å². The van der Waals surface area contributed by atoms with Gasteiger partial charge in [0.1, 0.15) is 0 Å². The first-order chi connectivity index (χ1) is 13.6. The van der Waals surface area contributed by atoms with Gasteiger partial charge in [-0.25, -0.2) is 4.98 Å². The lowest BCUT2D eigenvalue weighted by Gasteiger charge is -2.24. The maximum atomic E-state index is 10.9. The van der Waals surface area contributed by atoms with Crippen molar-refractivity contribution >= 4 is 34.4 Å². The van der Waals surface area contributed by atoms with E-state index in [-0.39, 0.29) is 18.9 Å². The molecule has 144 valence electrons. The Balaban J connectivity index is 2.02. The van der Waals surface area contributed by atoms with Gasteiger partial charge in [-0.1, -0.05) is 36.4 Å². The van der Waals surface area contributed by atoms with Gasteiger partial charge in [0.25, 0.3) is 5.69 Å². The Bertz CT molecular complexity index is 998. The van der Waals surface area contributed by atoms with Crippen molar-refractivity contribution in [2.45, 2.75) is 0 Å². The molecular formula is C21H21N3O4. The number of benzene rings is 2. The van der Waals surface area contributed by atoms with Crippen molar-refractivity contribution in [1.82, 2.24) is 4.98 Å². The molecular weight excluding hydrogens is 358 g/mol. The molecule has 1 heterocycles. The van der Waals surface area contributed by atoms with E-state index in [9.17, 15) is 20.3 Å². The highest BCUT2D eigenvalue weighted by atomic mass is 16.6. The van der Waals surface area contributed by atoms with Gasteiger partial charge >= 0.3 is 0 Å². The Hall–Kier alpha value is -3.29. The molecule has 0 aliphatic carbocycles. The molecule has 0 aliphatic heterocycles. The molecule has 0 saturated heterocycles. The zero-order valence-corrected chi connectivity index (χ0v) is 15.2. The maximum Gasteiger partial charge on any atom is 0.270 e. The highest BCUT2D eigenvalue weighted by Crippen LogP contribution is 2.27. The molecule has 0 atom stereocenters. The van der Waals surface area contributed by atoms with E-state index in [1.54, 1.807) is 24.3 Å². The van der Waals surface area contributed by atoms with Gasteiger partial charge in [-0.3, -0.25) is 10.1 Å². The van der Waals surface area contributed by atoms with Crippen molar-refractivity contribution in [2.75, 3.05) is 31.2 Å². The first-order valence-electron chi connectivity index (χ1n) is 8.91. The van der Waals surface area contributed by atoms with Gasteiger partial charge in [-0.2, -0.15) is 0 Å². The van der Waals surface area contributed by atoms with Crippen LogP contribution < -0.4 is 4.90 Å². The van der Waals surface area contributed by atoms with E-state index >= 15 is 0 Å². The lowest BCUT2D eigenvalue weighted by Crippen LogP contribution is -2.30. The number of para-hydroxylation sites is 1. The van der Waals surface area contributed by atoms with Crippen molar-refractivity contribution in [3.63, 3.8) is 0 Å². The van der Waals surface area contributed by atoms with E-state index in [4.69, 9.17) is 0 Å². The second-order valence-corrected chi connectivity index (χ2v) is 6.20. The Morgan fingerprint density at radius 2 is 1.75 bits per heavy atom. The minimum Gasteiger partial charge on any atom is -0.395 e. The number of aliphatic hydroxyl groups excluding tert-OH is 2. The number of hydrogen-bond donors (Lipinski definition) is 2. The first kappa shape index (κ1) is 19.5. The van der Waals surface area contributed by atoms with Crippen LogP contribution in [0.15, 0.2) is 54.6 Å². The molecule has 7 heteroatoms. The van der Waals surface area contributed by atoms with Gasteiger partial charge in [0.15, 0.2) is 0 Å². The number of aromatic nitrogens is 1. The second-order valence-electron chi connectivity index (χ2n) is 6.20. The summed E-state index contributed by atoms with van der Waals surface area (Å²) >= 11 is 0. The van der Waals surface area contributed by atoms with Gasteiger partial charge in [0, 0.05) is 36.3 Å². The van der Waals surface area contributed by atoms with E-state index in [1.807, 2.05) is 35.2 Å². The third kappa shape index (κ3) is 4.51. The fraction of sp³-hybridized carbons (Fsp3) is 0.190.